The number of rotatable bonds is 6. The maximum absolute atomic E-state index is 7.94. The minimum Gasteiger partial charge on any atom is -0.238 e. The van der Waals surface area contributed by atoms with Crippen LogP contribution >= 0.6 is 0 Å². The van der Waals surface area contributed by atoms with Gasteiger partial charge in [-0.3, -0.25) is 0 Å². The van der Waals surface area contributed by atoms with Crippen LogP contribution in [0.4, 0.5) is 5.69 Å². The van der Waals surface area contributed by atoms with Crippen molar-refractivity contribution in [1.82, 2.24) is 15.0 Å². The number of aromatic nitrogens is 3. The van der Waals surface area contributed by atoms with Crippen LogP contribution < -0.4 is 0 Å². The highest BCUT2D eigenvalue weighted by atomic mass is 15.0. The molecule has 0 unspecified atom stereocenters. The normalized spacial score (nSPS) is 12.5. The predicted octanol–water partition coefficient (Wildman–Crippen LogP) is 11.5. The fraction of sp³-hybridized carbons (Fsp3) is 0.0213. The Morgan fingerprint density at radius 2 is 0.882 bits per heavy atom. The Labute approximate surface area is 297 Å². The fourth-order valence-corrected chi connectivity index (χ4v) is 7.60. The maximum atomic E-state index is 7.94. The summed E-state index contributed by atoms with van der Waals surface area (Å²) in [6.45, 7) is 7.94. The summed E-state index contributed by atoms with van der Waals surface area (Å²) in [4.78, 5) is 18.8. The van der Waals surface area contributed by atoms with E-state index < -0.39 is 5.41 Å². The van der Waals surface area contributed by atoms with Crippen molar-refractivity contribution in [2.24, 2.45) is 0 Å². The molecule has 238 valence electrons. The zero-order valence-electron chi connectivity index (χ0n) is 27.6. The molecule has 7 aromatic carbocycles. The van der Waals surface area contributed by atoms with E-state index in [1.54, 1.807) is 0 Å². The van der Waals surface area contributed by atoms with Crippen molar-refractivity contribution in [2.45, 2.75) is 5.41 Å². The van der Waals surface area contributed by atoms with Gasteiger partial charge in [0.2, 0.25) is 0 Å². The first-order chi connectivity index (χ1) is 25.2. The molecule has 1 aliphatic rings. The van der Waals surface area contributed by atoms with Crippen LogP contribution in [-0.4, -0.2) is 15.0 Å². The minimum atomic E-state index is -0.606. The Bertz CT molecular complexity index is 2480. The Hall–Kier alpha value is -6.96. The van der Waals surface area contributed by atoms with E-state index in [0.29, 0.717) is 23.2 Å². The van der Waals surface area contributed by atoms with E-state index in [4.69, 9.17) is 21.5 Å². The third-order valence-corrected chi connectivity index (χ3v) is 9.82. The van der Waals surface area contributed by atoms with Crippen LogP contribution in [-0.2, 0) is 5.41 Å². The molecule has 0 aliphatic heterocycles. The smallest absolute Gasteiger partial charge is 0.187 e. The van der Waals surface area contributed by atoms with Crippen LogP contribution in [0.1, 0.15) is 22.3 Å². The van der Waals surface area contributed by atoms with Crippen molar-refractivity contribution >= 4 is 5.69 Å². The third kappa shape index (κ3) is 5.03. The van der Waals surface area contributed by atoms with Gasteiger partial charge in [-0.2, -0.15) is 0 Å². The van der Waals surface area contributed by atoms with Crippen molar-refractivity contribution in [1.29, 1.82) is 0 Å². The van der Waals surface area contributed by atoms with Crippen LogP contribution in [0.25, 0.3) is 61.3 Å². The lowest BCUT2D eigenvalue weighted by molar-refractivity contribution is 0.769. The Kier molecular flexibility index (Phi) is 7.38. The fourth-order valence-electron chi connectivity index (χ4n) is 7.60. The lowest BCUT2D eigenvalue weighted by atomic mass is 9.67. The van der Waals surface area contributed by atoms with E-state index >= 15 is 0 Å². The first kappa shape index (κ1) is 30.1. The number of fused-ring (bicyclic) bond motifs is 3. The summed E-state index contributed by atoms with van der Waals surface area (Å²) in [7, 11) is 0. The lowest BCUT2D eigenvalue weighted by Gasteiger charge is -2.34. The lowest BCUT2D eigenvalue weighted by Crippen LogP contribution is -2.28. The summed E-state index contributed by atoms with van der Waals surface area (Å²) in [6.07, 6.45) is 0. The van der Waals surface area contributed by atoms with Gasteiger partial charge < -0.3 is 0 Å². The average Bonchev–Trinajstić information content (AvgIpc) is 3.52. The molecule has 0 atom stereocenters. The number of hydrogen-bond acceptors (Lipinski definition) is 3. The molecule has 0 fully saturated rings. The van der Waals surface area contributed by atoms with Crippen LogP contribution in [0.2, 0.25) is 0 Å². The van der Waals surface area contributed by atoms with Crippen molar-refractivity contribution in [3.8, 4) is 56.4 Å². The van der Waals surface area contributed by atoms with Crippen LogP contribution in [0, 0.1) is 6.57 Å². The van der Waals surface area contributed by atoms with Gasteiger partial charge in [0.05, 0.1) is 12.0 Å². The van der Waals surface area contributed by atoms with Crippen molar-refractivity contribution in [2.75, 3.05) is 0 Å². The average molecular weight is 651 g/mol. The van der Waals surface area contributed by atoms with E-state index in [-0.39, 0.29) is 0 Å². The van der Waals surface area contributed by atoms with Gasteiger partial charge in [-0.05, 0) is 50.6 Å². The molecular formula is C47H30N4. The van der Waals surface area contributed by atoms with Crippen LogP contribution in [0.3, 0.4) is 0 Å². The molecule has 0 N–H and O–H groups in total. The van der Waals surface area contributed by atoms with Crippen LogP contribution in [0.15, 0.2) is 182 Å². The zero-order valence-corrected chi connectivity index (χ0v) is 27.6. The van der Waals surface area contributed by atoms with E-state index in [1.807, 2.05) is 66.7 Å². The molecule has 4 nitrogen and oxygen atoms in total. The van der Waals surface area contributed by atoms with Crippen molar-refractivity contribution < 1.29 is 0 Å². The van der Waals surface area contributed by atoms with Gasteiger partial charge in [-0.15, -0.1) is 0 Å². The molecule has 1 aliphatic carbocycles. The molecule has 0 bridgehead atoms. The predicted molar refractivity (Wildman–Crippen MR) is 205 cm³/mol. The summed E-state index contributed by atoms with van der Waals surface area (Å²) >= 11 is 0. The number of hydrogen-bond donors (Lipinski definition) is 0. The molecule has 0 amide bonds. The molecular weight excluding hydrogens is 621 g/mol. The van der Waals surface area contributed by atoms with Crippen LogP contribution in [0.5, 0.6) is 0 Å². The highest BCUT2D eigenvalue weighted by molar-refractivity contribution is 5.96. The van der Waals surface area contributed by atoms with E-state index in [1.165, 1.54) is 11.1 Å². The van der Waals surface area contributed by atoms with Gasteiger partial charge in [0, 0.05) is 16.7 Å². The Morgan fingerprint density at radius 3 is 1.45 bits per heavy atom. The molecule has 0 radical (unpaired) electrons. The second kappa shape index (κ2) is 12.5. The minimum absolute atomic E-state index is 0.606. The third-order valence-electron chi connectivity index (χ3n) is 9.82. The molecule has 0 saturated heterocycles. The van der Waals surface area contributed by atoms with Gasteiger partial charge in [-0.1, -0.05) is 176 Å². The Balaban J connectivity index is 1.27. The Morgan fingerprint density at radius 1 is 0.392 bits per heavy atom. The summed E-state index contributed by atoms with van der Waals surface area (Å²) in [6, 6.07) is 62.7. The summed E-state index contributed by atoms with van der Waals surface area (Å²) in [5, 5.41) is 0. The van der Waals surface area contributed by atoms with Gasteiger partial charge in [0.15, 0.2) is 23.2 Å². The second-order valence-electron chi connectivity index (χ2n) is 12.7. The monoisotopic (exact) mass is 650 g/mol. The standard InChI is InChI=1S/C47H30N4/c1-48-38-28-29-40-42(31-38)47(36-22-10-4-11-23-36,37-24-12-5-13-25-37)41-27-15-26-39(43(40)41)34-20-14-21-35(30-34)46-50-44(32-16-6-2-7-17-32)49-45(51-46)33-18-8-3-9-19-33/h2-31H. The summed E-state index contributed by atoms with van der Waals surface area (Å²) < 4.78 is 0. The topological polar surface area (TPSA) is 43.0 Å². The van der Waals surface area contributed by atoms with E-state index in [2.05, 4.69) is 120 Å². The second-order valence-corrected chi connectivity index (χ2v) is 12.7. The van der Waals surface area contributed by atoms with Crippen molar-refractivity contribution in [3.05, 3.63) is 216 Å². The first-order valence-corrected chi connectivity index (χ1v) is 17.0. The number of nitrogens with zero attached hydrogens (tertiary/aromatic N) is 4. The highest BCUT2D eigenvalue weighted by Crippen LogP contribution is 2.58. The highest BCUT2D eigenvalue weighted by Gasteiger charge is 2.46. The van der Waals surface area contributed by atoms with Crippen molar-refractivity contribution in [3.63, 3.8) is 0 Å². The molecule has 1 heterocycles. The SMILES string of the molecule is [C-]#[N+]c1ccc2c(c1)C(c1ccccc1)(c1ccccc1)c1cccc(-c3cccc(-c4nc(-c5ccccc5)nc(-c5ccccc5)n4)c3)c1-2. The van der Waals surface area contributed by atoms with Gasteiger partial charge in [0.25, 0.3) is 0 Å². The summed E-state index contributed by atoms with van der Waals surface area (Å²) in [5.74, 6) is 1.87. The largest absolute Gasteiger partial charge is 0.238 e. The van der Waals surface area contributed by atoms with Gasteiger partial charge in [0.1, 0.15) is 0 Å². The summed E-state index contributed by atoms with van der Waals surface area (Å²) in [5.41, 5.74) is 11.9. The zero-order chi connectivity index (χ0) is 34.2. The molecule has 4 heteroatoms. The molecule has 1 aromatic heterocycles. The first-order valence-electron chi connectivity index (χ1n) is 17.0. The quantitative estimate of drug-likeness (QED) is 0.168. The molecule has 51 heavy (non-hydrogen) atoms. The molecule has 9 rings (SSSR count). The molecule has 8 aromatic rings. The van der Waals surface area contributed by atoms with E-state index in [0.717, 1.165) is 50.1 Å². The number of benzene rings is 7. The van der Waals surface area contributed by atoms with Gasteiger partial charge in [-0.25, -0.2) is 19.8 Å². The van der Waals surface area contributed by atoms with E-state index in [9.17, 15) is 0 Å². The molecule has 0 saturated carbocycles. The molecule has 0 spiro atoms. The maximum Gasteiger partial charge on any atom is 0.187 e. The van der Waals surface area contributed by atoms with Gasteiger partial charge >= 0.3 is 0 Å².